The number of hydrogen-bond acceptors (Lipinski definition) is 2. The summed E-state index contributed by atoms with van der Waals surface area (Å²) >= 11 is 0. The first-order valence-corrected chi connectivity index (χ1v) is 11.2. The molecule has 2 saturated carbocycles. The van der Waals surface area contributed by atoms with Gasteiger partial charge in [0, 0.05) is 18.4 Å². The highest BCUT2D eigenvalue weighted by Crippen LogP contribution is 2.50. The van der Waals surface area contributed by atoms with Gasteiger partial charge in [0.15, 0.2) is 8.32 Å². The van der Waals surface area contributed by atoms with Gasteiger partial charge in [0.1, 0.15) is 5.78 Å². The van der Waals surface area contributed by atoms with Crippen LogP contribution in [0.4, 0.5) is 0 Å². The first-order valence-electron chi connectivity index (χ1n) is 8.25. The molecular formula is C17H32O2Si. The normalized spacial score (nSPS) is 39.0. The molecule has 0 aromatic heterocycles. The van der Waals surface area contributed by atoms with Crippen molar-refractivity contribution in [3.8, 4) is 0 Å². The molecule has 0 unspecified atom stereocenters. The Hall–Kier alpha value is -0.153. The lowest BCUT2D eigenvalue weighted by Gasteiger charge is -2.39. The van der Waals surface area contributed by atoms with Crippen LogP contribution in [0.1, 0.15) is 53.9 Å². The van der Waals surface area contributed by atoms with Crippen molar-refractivity contribution in [3.05, 3.63) is 0 Å². The van der Waals surface area contributed by atoms with Gasteiger partial charge in [-0.3, -0.25) is 4.79 Å². The smallest absolute Gasteiger partial charge is 0.192 e. The maximum Gasteiger partial charge on any atom is 0.192 e. The highest BCUT2D eigenvalue weighted by molar-refractivity contribution is 6.74. The summed E-state index contributed by atoms with van der Waals surface area (Å²) in [6.45, 7) is 16.1. The highest BCUT2D eigenvalue weighted by atomic mass is 28.4. The third-order valence-electron chi connectivity index (χ3n) is 6.32. The first kappa shape index (κ1) is 16.2. The van der Waals surface area contributed by atoms with Crippen LogP contribution in [0.2, 0.25) is 18.1 Å². The fourth-order valence-electron chi connectivity index (χ4n) is 3.83. The molecule has 2 aliphatic carbocycles. The van der Waals surface area contributed by atoms with Crippen molar-refractivity contribution in [3.63, 3.8) is 0 Å². The lowest BCUT2D eigenvalue weighted by atomic mass is 9.72. The van der Waals surface area contributed by atoms with Gasteiger partial charge in [-0.25, -0.2) is 0 Å². The molecule has 2 nitrogen and oxygen atoms in total. The van der Waals surface area contributed by atoms with E-state index < -0.39 is 8.32 Å². The quantitative estimate of drug-likeness (QED) is 0.693. The van der Waals surface area contributed by atoms with Crippen LogP contribution in [-0.2, 0) is 9.22 Å². The van der Waals surface area contributed by atoms with Crippen LogP contribution in [0, 0.1) is 23.7 Å². The molecule has 116 valence electrons. The number of ketones is 1. The van der Waals surface area contributed by atoms with Crippen LogP contribution >= 0.6 is 0 Å². The van der Waals surface area contributed by atoms with Gasteiger partial charge in [-0.15, -0.1) is 0 Å². The minimum absolute atomic E-state index is 0.246. The Labute approximate surface area is 125 Å². The SMILES string of the molecule is C[C@@H]1[C@H]2C(=O)CC[C@H](C)[C@@H]2C[C@@H]1O[Si](C)(C)C(C)(C)C. The average Bonchev–Trinajstić information content (AvgIpc) is 2.61. The Balaban J connectivity index is 2.14. The number of carbonyl (C=O) groups is 1. The minimum Gasteiger partial charge on any atom is -0.414 e. The summed E-state index contributed by atoms with van der Waals surface area (Å²) in [5, 5.41) is 0.246. The van der Waals surface area contributed by atoms with Crippen LogP contribution in [0.15, 0.2) is 0 Å². The second-order valence-corrected chi connectivity index (χ2v) is 13.4. The van der Waals surface area contributed by atoms with Crippen LogP contribution in [0.25, 0.3) is 0 Å². The third kappa shape index (κ3) is 2.76. The van der Waals surface area contributed by atoms with E-state index in [1.165, 1.54) is 0 Å². The number of fused-ring (bicyclic) bond motifs is 1. The van der Waals surface area contributed by atoms with Crippen molar-refractivity contribution in [2.45, 2.75) is 78.1 Å². The molecule has 0 bridgehead atoms. The van der Waals surface area contributed by atoms with Gasteiger partial charge < -0.3 is 4.43 Å². The molecule has 0 aromatic rings. The monoisotopic (exact) mass is 296 g/mol. The van der Waals surface area contributed by atoms with Crippen molar-refractivity contribution in [1.82, 2.24) is 0 Å². The van der Waals surface area contributed by atoms with Crippen LogP contribution in [-0.4, -0.2) is 20.2 Å². The maximum absolute atomic E-state index is 12.3. The standard InChI is InChI=1S/C17H32O2Si/c1-11-8-9-14(18)16-12(2)15(10-13(11)16)19-20(6,7)17(3,4)5/h11-13,15-16H,8-10H2,1-7H3/t11-,12-,13-,15-,16+/m0/s1. The predicted octanol–water partition coefficient (Wildman–Crippen LogP) is 4.65. The largest absolute Gasteiger partial charge is 0.414 e. The lowest BCUT2D eigenvalue weighted by Crippen LogP contribution is -2.45. The molecule has 20 heavy (non-hydrogen) atoms. The summed E-state index contributed by atoms with van der Waals surface area (Å²) in [5.74, 6) is 2.44. The molecule has 2 fully saturated rings. The average molecular weight is 297 g/mol. The topological polar surface area (TPSA) is 26.3 Å². The van der Waals surface area contributed by atoms with E-state index >= 15 is 0 Å². The van der Waals surface area contributed by atoms with Crippen molar-refractivity contribution in [2.75, 3.05) is 0 Å². The second-order valence-electron chi connectivity index (χ2n) is 8.68. The van der Waals surface area contributed by atoms with Crippen LogP contribution in [0.5, 0.6) is 0 Å². The minimum atomic E-state index is -1.73. The van der Waals surface area contributed by atoms with E-state index in [1.807, 2.05) is 0 Å². The molecule has 2 aliphatic rings. The Morgan fingerprint density at radius 2 is 1.80 bits per heavy atom. The molecule has 0 saturated heterocycles. The van der Waals surface area contributed by atoms with Crippen molar-refractivity contribution in [2.24, 2.45) is 23.7 Å². The number of Topliss-reactive ketones (excluding diaryl/α,β-unsaturated/α-hetero) is 1. The van der Waals surface area contributed by atoms with E-state index in [9.17, 15) is 4.79 Å². The second kappa shape index (κ2) is 5.24. The molecule has 0 radical (unpaired) electrons. The van der Waals surface area contributed by atoms with Gasteiger partial charge in [0.25, 0.3) is 0 Å². The lowest BCUT2D eigenvalue weighted by molar-refractivity contribution is -0.128. The van der Waals surface area contributed by atoms with E-state index in [1.54, 1.807) is 0 Å². The first-order chi connectivity index (χ1) is 9.04. The number of carbonyl (C=O) groups excluding carboxylic acids is 1. The van der Waals surface area contributed by atoms with Gasteiger partial charge >= 0.3 is 0 Å². The summed E-state index contributed by atoms with van der Waals surface area (Å²) in [4.78, 5) is 12.3. The molecule has 0 amide bonds. The van der Waals surface area contributed by atoms with Crippen molar-refractivity contribution < 1.29 is 9.22 Å². The Bertz CT molecular complexity index is 383. The molecule has 0 aromatic carbocycles. The third-order valence-corrected chi connectivity index (χ3v) is 10.8. The molecule has 0 N–H and O–H groups in total. The fraction of sp³-hybridized carbons (Fsp3) is 0.941. The summed E-state index contributed by atoms with van der Waals surface area (Å²) in [6.07, 6.45) is 3.28. The van der Waals surface area contributed by atoms with Gasteiger partial charge in [0.05, 0.1) is 0 Å². The Morgan fingerprint density at radius 3 is 2.30 bits per heavy atom. The zero-order valence-corrected chi connectivity index (χ0v) is 15.3. The Kier molecular flexibility index (Phi) is 4.25. The summed E-state index contributed by atoms with van der Waals surface area (Å²) < 4.78 is 6.65. The van der Waals surface area contributed by atoms with Crippen LogP contribution in [0.3, 0.4) is 0 Å². The molecule has 0 spiro atoms. The number of rotatable bonds is 2. The van der Waals surface area contributed by atoms with E-state index in [2.05, 4.69) is 47.7 Å². The predicted molar refractivity (Wildman–Crippen MR) is 86.2 cm³/mol. The van der Waals surface area contributed by atoms with E-state index in [0.717, 1.165) is 19.3 Å². The highest BCUT2D eigenvalue weighted by Gasteiger charge is 2.51. The van der Waals surface area contributed by atoms with E-state index in [-0.39, 0.29) is 11.0 Å². The van der Waals surface area contributed by atoms with Crippen molar-refractivity contribution >= 4 is 14.1 Å². The fourth-order valence-corrected chi connectivity index (χ4v) is 5.25. The van der Waals surface area contributed by atoms with Gasteiger partial charge in [-0.05, 0) is 48.7 Å². The number of hydrogen-bond donors (Lipinski definition) is 0. The van der Waals surface area contributed by atoms with E-state index in [0.29, 0.717) is 29.6 Å². The summed E-state index contributed by atoms with van der Waals surface area (Å²) in [6, 6.07) is 0. The Morgan fingerprint density at radius 1 is 1.20 bits per heavy atom. The van der Waals surface area contributed by atoms with Crippen molar-refractivity contribution in [1.29, 1.82) is 0 Å². The molecule has 3 heteroatoms. The molecule has 0 aliphatic heterocycles. The van der Waals surface area contributed by atoms with Gasteiger partial charge in [-0.1, -0.05) is 34.6 Å². The van der Waals surface area contributed by atoms with Gasteiger partial charge in [-0.2, -0.15) is 0 Å². The molecular weight excluding hydrogens is 264 g/mol. The molecule has 5 atom stereocenters. The maximum atomic E-state index is 12.3. The van der Waals surface area contributed by atoms with E-state index in [4.69, 9.17) is 4.43 Å². The van der Waals surface area contributed by atoms with Crippen LogP contribution < -0.4 is 0 Å². The zero-order chi connectivity index (χ0) is 15.3. The summed E-state index contributed by atoms with van der Waals surface area (Å²) in [7, 11) is -1.73. The zero-order valence-electron chi connectivity index (χ0n) is 14.3. The molecule has 0 heterocycles. The van der Waals surface area contributed by atoms with Gasteiger partial charge in [0.2, 0.25) is 0 Å². The molecule has 2 rings (SSSR count). The summed E-state index contributed by atoms with van der Waals surface area (Å²) in [5.41, 5.74) is 0.